The molecule has 0 bridgehead atoms. The van der Waals surface area contributed by atoms with E-state index in [1.807, 2.05) is 0 Å². The summed E-state index contributed by atoms with van der Waals surface area (Å²) in [6.07, 6.45) is 0.0118. The van der Waals surface area contributed by atoms with E-state index in [1.165, 1.54) is 6.92 Å². The van der Waals surface area contributed by atoms with Crippen molar-refractivity contribution in [3.63, 3.8) is 0 Å². The van der Waals surface area contributed by atoms with Crippen LogP contribution in [0.2, 0.25) is 0 Å². The van der Waals surface area contributed by atoms with Crippen molar-refractivity contribution in [1.82, 2.24) is 5.06 Å². The van der Waals surface area contributed by atoms with Crippen LogP contribution < -0.4 is 5.32 Å². The van der Waals surface area contributed by atoms with Crippen LogP contribution >= 0.6 is 47.8 Å². The molecular formula is C13H9Br3N2O5. The lowest BCUT2D eigenvalue weighted by Gasteiger charge is -2.16. The molecule has 0 spiro atoms. The summed E-state index contributed by atoms with van der Waals surface area (Å²) < 4.78 is 1.13. The third-order valence-corrected chi connectivity index (χ3v) is 4.90. The zero-order valence-electron chi connectivity index (χ0n) is 11.6. The predicted octanol–water partition coefficient (Wildman–Crippen LogP) is 3.15. The van der Waals surface area contributed by atoms with Gasteiger partial charge in [-0.3, -0.25) is 14.4 Å². The van der Waals surface area contributed by atoms with Crippen LogP contribution in [0.4, 0.5) is 5.69 Å². The maximum Gasteiger partial charge on any atom is 0.366 e. The third kappa shape index (κ3) is 3.81. The molecule has 7 nitrogen and oxygen atoms in total. The molecule has 10 heteroatoms. The van der Waals surface area contributed by atoms with Crippen LogP contribution in [0.5, 0.6) is 0 Å². The van der Waals surface area contributed by atoms with Gasteiger partial charge in [-0.25, -0.2) is 4.79 Å². The zero-order valence-corrected chi connectivity index (χ0v) is 16.4. The first-order chi connectivity index (χ1) is 10.7. The molecule has 1 aliphatic heterocycles. The number of benzene rings is 1. The van der Waals surface area contributed by atoms with E-state index < -0.39 is 17.8 Å². The fourth-order valence-electron chi connectivity index (χ4n) is 1.85. The quantitative estimate of drug-likeness (QED) is 0.628. The van der Waals surface area contributed by atoms with E-state index in [1.54, 1.807) is 6.07 Å². The van der Waals surface area contributed by atoms with Crippen molar-refractivity contribution in [2.24, 2.45) is 0 Å². The maximum absolute atomic E-state index is 12.3. The van der Waals surface area contributed by atoms with Crippen molar-refractivity contribution in [2.45, 2.75) is 19.8 Å². The molecule has 1 aromatic rings. The number of hydroxylamine groups is 2. The van der Waals surface area contributed by atoms with Crippen molar-refractivity contribution < 1.29 is 24.0 Å². The number of nitrogens with zero attached hydrogens (tertiary/aromatic N) is 1. The molecule has 0 saturated carbocycles. The average molecular weight is 513 g/mol. The Hall–Kier alpha value is -1.26. The molecule has 2 rings (SSSR count). The third-order valence-electron chi connectivity index (χ3n) is 2.86. The van der Waals surface area contributed by atoms with E-state index in [0.29, 0.717) is 19.7 Å². The Labute approximate surface area is 156 Å². The predicted molar refractivity (Wildman–Crippen MR) is 90.3 cm³/mol. The number of imide groups is 1. The minimum Gasteiger partial charge on any atom is -0.325 e. The van der Waals surface area contributed by atoms with E-state index in [9.17, 15) is 19.2 Å². The van der Waals surface area contributed by atoms with E-state index in [4.69, 9.17) is 4.84 Å². The molecule has 1 fully saturated rings. The first-order valence-corrected chi connectivity index (χ1v) is 8.63. The molecule has 0 atom stereocenters. The zero-order chi connectivity index (χ0) is 17.3. The Morgan fingerprint density at radius 1 is 1.13 bits per heavy atom. The van der Waals surface area contributed by atoms with Gasteiger partial charge in [0.1, 0.15) is 0 Å². The molecule has 0 unspecified atom stereocenters. The van der Waals surface area contributed by atoms with Gasteiger partial charge >= 0.3 is 5.97 Å². The number of hydrogen-bond acceptors (Lipinski definition) is 5. The number of halogens is 3. The number of anilines is 1. The van der Waals surface area contributed by atoms with Crippen molar-refractivity contribution in [1.29, 1.82) is 0 Å². The Morgan fingerprint density at radius 3 is 2.22 bits per heavy atom. The first-order valence-electron chi connectivity index (χ1n) is 6.25. The Bertz CT molecular complexity index is 719. The highest BCUT2D eigenvalue weighted by Gasteiger charge is 2.34. The lowest BCUT2D eigenvalue weighted by atomic mass is 10.2. The van der Waals surface area contributed by atoms with Crippen LogP contribution in [0, 0.1) is 0 Å². The van der Waals surface area contributed by atoms with E-state index in [0.717, 1.165) is 0 Å². The average Bonchev–Trinajstić information content (AvgIpc) is 2.75. The van der Waals surface area contributed by atoms with Gasteiger partial charge in [0.15, 0.2) is 0 Å². The summed E-state index contributed by atoms with van der Waals surface area (Å²) >= 11 is 9.72. The second-order valence-electron chi connectivity index (χ2n) is 4.55. The molecule has 3 amide bonds. The largest absolute Gasteiger partial charge is 0.366 e. The van der Waals surface area contributed by atoms with Crippen molar-refractivity contribution in [2.75, 3.05) is 5.32 Å². The molecule has 23 heavy (non-hydrogen) atoms. The molecule has 0 aliphatic carbocycles. The first kappa shape index (κ1) is 18.1. The minimum atomic E-state index is -0.911. The summed E-state index contributed by atoms with van der Waals surface area (Å²) in [7, 11) is 0. The molecule has 0 aromatic heterocycles. The normalized spacial score (nSPS) is 14.2. The lowest BCUT2D eigenvalue weighted by molar-refractivity contribution is -0.172. The SMILES string of the molecule is CC(=O)Nc1c(Br)cc(Br)c(C(=O)ON2C(=O)CCC2=O)c1Br. The Kier molecular flexibility index (Phi) is 5.58. The highest BCUT2D eigenvalue weighted by Crippen LogP contribution is 2.39. The smallest absolute Gasteiger partial charge is 0.325 e. The molecule has 1 aliphatic rings. The van der Waals surface area contributed by atoms with Gasteiger partial charge < -0.3 is 10.2 Å². The van der Waals surface area contributed by atoms with Gasteiger partial charge in [-0.2, -0.15) is 0 Å². The summed E-state index contributed by atoms with van der Waals surface area (Å²) in [4.78, 5) is 51.5. The second-order valence-corrected chi connectivity index (χ2v) is 7.05. The Balaban J connectivity index is 2.38. The summed E-state index contributed by atoms with van der Waals surface area (Å²) in [5, 5.41) is 3.03. The number of rotatable bonds is 3. The van der Waals surface area contributed by atoms with Crippen LogP contribution in [0.1, 0.15) is 30.1 Å². The minimum absolute atomic E-state index is 0.00589. The topological polar surface area (TPSA) is 92.8 Å². The number of amides is 3. The molecule has 122 valence electrons. The maximum atomic E-state index is 12.3. The van der Waals surface area contributed by atoms with Gasteiger partial charge in [0.2, 0.25) is 5.91 Å². The van der Waals surface area contributed by atoms with Gasteiger partial charge in [-0.15, -0.1) is 5.06 Å². The van der Waals surface area contributed by atoms with Gasteiger partial charge in [-0.1, -0.05) is 0 Å². The van der Waals surface area contributed by atoms with Crippen molar-refractivity contribution in [3.05, 3.63) is 25.0 Å². The highest BCUT2D eigenvalue weighted by molar-refractivity contribution is 9.11. The summed E-state index contributed by atoms with van der Waals surface area (Å²) in [6, 6.07) is 1.54. The van der Waals surface area contributed by atoms with Crippen molar-refractivity contribution >= 4 is 77.2 Å². The van der Waals surface area contributed by atoms with Crippen LogP contribution in [0.15, 0.2) is 19.5 Å². The van der Waals surface area contributed by atoms with Crippen LogP contribution in [0.3, 0.4) is 0 Å². The summed E-state index contributed by atoms with van der Waals surface area (Å²) in [5.41, 5.74) is 0.358. The number of nitrogens with one attached hydrogen (secondary N) is 1. The van der Waals surface area contributed by atoms with E-state index in [2.05, 4.69) is 53.1 Å². The van der Waals surface area contributed by atoms with Gasteiger partial charge in [0.05, 0.1) is 15.7 Å². The number of carbonyl (C=O) groups excluding carboxylic acids is 4. The molecule has 1 saturated heterocycles. The monoisotopic (exact) mass is 510 g/mol. The second kappa shape index (κ2) is 7.10. The fourth-order valence-corrected chi connectivity index (χ4v) is 4.50. The van der Waals surface area contributed by atoms with Crippen LogP contribution in [-0.2, 0) is 19.2 Å². The van der Waals surface area contributed by atoms with E-state index >= 15 is 0 Å². The lowest BCUT2D eigenvalue weighted by Crippen LogP contribution is -2.32. The summed E-state index contributed by atoms with van der Waals surface area (Å²) in [5.74, 6) is -2.39. The number of carbonyl (C=O) groups is 4. The number of hydrogen-bond donors (Lipinski definition) is 1. The van der Waals surface area contributed by atoms with Gasteiger partial charge in [0.25, 0.3) is 11.8 Å². The molecule has 1 aromatic carbocycles. The Morgan fingerprint density at radius 2 is 1.70 bits per heavy atom. The highest BCUT2D eigenvalue weighted by atomic mass is 79.9. The van der Waals surface area contributed by atoms with Crippen LogP contribution in [-0.4, -0.2) is 28.8 Å². The van der Waals surface area contributed by atoms with E-state index in [-0.39, 0.29) is 28.8 Å². The van der Waals surface area contributed by atoms with Crippen LogP contribution in [0.25, 0.3) is 0 Å². The molecular weight excluding hydrogens is 504 g/mol. The van der Waals surface area contributed by atoms with Gasteiger partial charge in [-0.05, 0) is 53.9 Å². The molecule has 1 heterocycles. The van der Waals surface area contributed by atoms with Gasteiger partial charge in [0, 0.05) is 28.7 Å². The fraction of sp³-hybridized carbons (Fsp3) is 0.231. The molecule has 1 N–H and O–H groups in total. The van der Waals surface area contributed by atoms with Crippen molar-refractivity contribution in [3.8, 4) is 0 Å². The summed E-state index contributed by atoms with van der Waals surface area (Å²) in [6.45, 7) is 1.32. The molecule has 0 radical (unpaired) electrons. The standard InChI is InChI=1S/C13H9Br3N2O5/c1-5(19)17-12-7(15)4-6(14)10(11(12)16)13(22)23-18-8(20)2-3-9(18)21/h4H,2-3H2,1H3,(H,17,19).